The number of halogens is 1. The second-order valence-corrected chi connectivity index (χ2v) is 9.32. The largest absolute Gasteiger partial charge is 0.361 e. The van der Waals surface area contributed by atoms with Gasteiger partial charge in [-0.15, -0.1) is 0 Å². The molecular formula is C28H29FN2O. The van der Waals surface area contributed by atoms with Gasteiger partial charge in [0.05, 0.1) is 0 Å². The number of fused-ring (bicyclic) bond motifs is 1. The molecule has 2 N–H and O–H groups in total. The molecule has 3 nitrogen and oxygen atoms in total. The van der Waals surface area contributed by atoms with E-state index in [1.54, 1.807) is 12.1 Å². The van der Waals surface area contributed by atoms with Crippen molar-refractivity contribution in [2.75, 3.05) is 0 Å². The van der Waals surface area contributed by atoms with Crippen LogP contribution in [0, 0.1) is 5.82 Å². The van der Waals surface area contributed by atoms with E-state index in [2.05, 4.69) is 61.4 Å². The maximum atomic E-state index is 13.1. The minimum atomic E-state index is -0.279. The van der Waals surface area contributed by atoms with E-state index in [1.807, 2.05) is 24.4 Å². The summed E-state index contributed by atoms with van der Waals surface area (Å²) < 4.78 is 13.1. The Kier molecular flexibility index (Phi) is 6.13. The van der Waals surface area contributed by atoms with E-state index in [9.17, 15) is 9.18 Å². The Hall–Kier alpha value is -3.40. The normalized spacial score (nSPS) is 12.6. The first-order valence-electron chi connectivity index (χ1n) is 11.0. The summed E-state index contributed by atoms with van der Waals surface area (Å²) in [6.45, 7) is 6.97. The number of carbonyl (C=O) groups is 1. The Balaban J connectivity index is 1.60. The topological polar surface area (TPSA) is 44.9 Å². The van der Waals surface area contributed by atoms with E-state index in [1.165, 1.54) is 17.7 Å². The summed E-state index contributed by atoms with van der Waals surface area (Å²) in [6, 6.07) is 23.0. The average molecular weight is 429 g/mol. The van der Waals surface area contributed by atoms with Crippen LogP contribution in [0.5, 0.6) is 0 Å². The first-order valence-corrected chi connectivity index (χ1v) is 11.0. The predicted octanol–water partition coefficient (Wildman–Crippen LogP) is 6.44. The number of hydrogen-bond donors (Lipinski definition) is 2. The molecule has 0 aliphatic carbocycles. The molecule has 0 saturated carbocycles. The van der Waals surface area contributed by atoms with Crippen molar-refractivity contribution in [3.05, 3.63) is 107 Å². The molecule has 4 rings (SSSR count). The zero-order valence-electron chi connectivity index (χ0n) is 18.8. The number of rotatable bonds is 6. The van der Waals surface area contributed by atoms with Crippen LogP contribution in [-0.2, 0) is 16.8 Å². The summed E-state index contributed by atoms with van der Waals surface area (Å²) in [5.41, 5.74) is 5.49. The van der Waals surface area contributed by atoms with E-state index < -0.39 is 0 Å². The Morgan fingerprint density at radius 2 is 1.66 bits per heavy atom. The summed E-state index contributed by atoms with van der Waals surface area (Å²) in [6.07, 6.45) is 2.35. The van der Waals surface area contributed by atoms with Gasteiger partial charge in [0.25, 0.3) is 0 Å². The van der Waals surface area contributed by atoms with Crippen LogP contribution in [0.2, 0.25) is 0 Å². The second-order valence-electron chi connectivity index (χ2n) is 9.32. The van der Waals surface area contributed by atoms with Crippen molar-refractivity contribution in [3.63, 3.8) is 0 Å². The predicted molar refractivity (Wildman–Crippen MR) is 128 cm³/mol. The van der Waals surface area contributed by atoms with Gasteiger partial charge >= 0.3 is 0 Å². The molecule has 1 aromatic heterocycles. The van der Waals surface area contributed by atoms with Gasteiger partial charge in [0.15, 0.2) is 0 Å². The van der Waals surface area contributed by atoms with Crippen LogP contribution in [0.1, 0.15) is 55.4 Å². The summed E-state index contributed by atoms with van der Waals surface area (Å²) in [4.78, 5) is 16.3. The molecular weight excluding hydrogens is 399 g/mol. The second kappa shape index (κ2) is 8.99. The van der Waals surface area contributed by atoms with Gasteiger partial charge in [0.1, 0.15) is 5.82 Å². The van der Waals surface area contributed by atoms with Crippen LogP contribution in [0.25, 0.3) is 10.9 Å². The number of nitrogens with one attached hydrogen (secondary N) is 2. The van der Waals surface area contributed by atoms with E-state index in [0.717, 1.165) is 27.6 Å². The summed E-state index contributed by atoms with van der Waals surface area (Å²) in [5, 5.41) is 4.12. The fourth-order valence-electron chi connectivity index (χ4n) is 4.07. The van der Waals surface area contributed by atoms with Gasteiger partial charge in [0.2, 0.25) is 5.91 Å². The lowest BCUT2D eigenvalue weighted by atomic mass is 9.83. The standard InChI is InChI=1S/C28H29FN2O/c1-28(2,3)21-12-10-20(11-13-21)24(25-18-30-26-7-5-4-6-23(25)26)16-27(32)31-17-19-8-14-22(29)15-9-19/h4-15,18,24,30H,16-17H2,1-3H3,(H,31,32)/t24-/m0/s1. The van der Waals surface area contributed by atoms with Crippen LogP contribution in [-0.4, -0.2) is 10.9 Å². The quantitative estimate of drug-likeness (QED) is 0.364. The summed E-state index contributed by atoms with van der Waals surface area (Å²) >= 11 is 0. The summed E-state index contributed by atoms with van der Waals surface area (Å²) in [7, 11) is 0. The lowest BCUT2D eigenvalue weighted by Gasteiger charge is -2.22. The SMILES string of the molecule is CC(C)(C)c1ccc([C@H](CC(=O)NCc2ccc(F)cc2)c2c[nH]c3ccccc23)cc1. The zero-order chi connectivity index (χ0) is 22.7. The maximum Gasteiger partial charge on any atom is 0.221 e. The number of para-hydroxylation sites is 1. The number of aromatic nitrogens is 1. The van der Waals surface area contributed by atoms with Crippen molar-refractivity contribution in [2.45, 2.75) is 45.1 Å². The fourth-order valence-corrected chi connectivity index (χ4v) is 4.07. The number of benzene rings is 3. The fraction of sp³-hybridized carbons (Fsp3) is 0.250. The molecule has 0 radical (unpaired) electrons. The molecule has 1 amide bonds. The van der Waals surface area contributed by atoms with Gasteiger partial charge < -0.3 is 10.3 Å². The van der Waals surface area contributed by atoms with Crippen LogP contribution >= 0.6 is 0 Å². The van der Waals surface area contributed by atoms with Crippen molar-refractivity contribution < 1.29 is 9.18 Å². The van der Waals surface area contributed by atoms with Crippen LogP contribution in [0.15, 0.2) is 79.0 Å². The number of carbonyl (C=O) groups excluding carboxylic acids is 1. The Morgan fingerprint density at radius 1 is 0.969 bits per heavy atom. The molecule has 4 aromatic rings. The smallest absolute Gasteiger partial charge is 0.221 e. The molecule has 1 heterocycles. The van der Waals surface area contributed by atoms with Crippen molar-refractivity contribution in [1.29, 1.82) is 0 Å². The molecule has 0 aliphatic rings. The van der Waals surface area contributed by atoms with Gasteiger partial charge in [-0.2, -0.15) is 0 Å². The monoisotopic (exact) mass is 428 g/mol. The third kappa shape index (κ3) is 4.91. The molecule has 32 heavy (non-hydrogen) atoms. The van der Waals surface area contributed by atoms with Gasteiger partial charge in [-0.05, 0) is 45.9 Å². The highest BCUT2D eigenvalue weighted by Crippen LogP contribution is 2.34. The number of aromatic amines is 1. The molecule has 0 saturated heterocycles. The Morgan fingerprint density at radius 3 is 2.34 bits per heavy atom. The van der Waals surface area contributed by atoms with E-state index in [-0.39, 0.29) is 23.1 Å². The lowest BCUT2D eigenvalue weighted by molar-refractivity contribution is -0.121. The van der Waals surface area contributed by atoms with Gasteiger partial charge in [0, 0.05) is 36.0 Å². The van der Waals surface area contributed by atoms with Crippen molar-refractivity contribution in [2.24, 2.45) is 0 Å². The highest BCUT2D eigenvalue weighted by molar-refractivity contribution is 5.86. The minimum Gasteiger partial charge on any atom is -0.361 e. The Bertz CT molecular complexity index is 1200. The third-order valence-corrected chi connectivity index (χ3v) is 5.97. The Labute approximate surface area is 188 Å². The first-order chi connectivity index (χ1) is 15.3. The van der Waals surface area contributed by atoms with Crippen LogP contribution in [0.4, 0.5) is 4.39 Å². The molecule has 0 bridgehead atoms. The van der Waals surface area contributed by atoms with Gasteiger partial charge in [-0.1, -0.05) is 75.4 Å². The molecule has 0 spiro atoms. The van der Waals surface area contributed by atoms with Gasteiger partial charge in [-0.3, -0.25) is 4.79 Å². The number of H-pyrrole nitrogens is 1. The van der Waals surface area contributed by atoms with E-state index >= 15 is 0 Å². The highest BCUT2D eigenvalue weighted by atomic mass is 19.1. The van der Waals surface area contributed by atoms with E-state index in [0.29, 0.717) is 13.0 Å². The molecule has 0 aliphatic heterocycles. The van der Waals surface area contributed by atoms with Crippen molar-refractivity contribution >= 4 is 16.8 Å². The van der Waals surface area contributed by atoms with Crippen molar-refractivity contribution in [1.82, 2.24) is 10.3 Å². The number of amides is 1. The first kappa shape index (κ1) is 21.8. The van der Waals surface area contributed by atoms with Gasteiger partial charge in [-0.25, -0.2) is 4.39 Å². The molecule has 0 unspecified atom stereocenters. The summed E-state index contributed by atoms with van der Waals surface area (Å²) in [5.74, 6) is -0.393. The van der Waals surface area contributed by atoms with Crippen molar-refractivity contribution in [3.8, 4) is 0 Å². The third-order valence-electron chi connectivity index (χ3n) is 5.97. The average Bonchev–Trinajstić information content (AvgIpc) is 3.20. The molecule has 4 heteroatoms. The lowest BCUT2D eigenvalue weighted by Crippen LogP contribution is -2.25. The van der Waals surface area contributed by atoms with E-state index in [4.69, 9.17) is 0 Å². The maximum absolute atomic E-state index is 13.1. The van der Waals surface area contributed by atoms with Crippen LogP contribution < -0.4 is 5.32 Å². The minimum absolute atomic E-state index is 0.0375. The molecule has 1 atom stereocenters. The molecule has 164 valence electrons. The highest BCUT2D eigenvalue weighted by Gasteiger charge is 2.22. The molecule has 3 aromatic carbocycles. The molecule has 0 fully saturated rings. The number of hydrogen-bond acceptors (Lipinski definition) is 1. The zero-order valence-corrected chi connectivity index (χ0v) is 18.8. The van der Waals surface area contributed by atoms with Crippen LogP contribution in [0.3, 0.4) is 0 Å².